The van der Waals surface area contributed by atoms with Crippen molar-refractivity contribution in [3.8, 4) is 11.0 Å². The number of piperidine rings is 1. The molecule has 18 heteroatoms. The second-order valence-electron chi connectivity index (χ2n) is 14.5. The smallest absolute Gasteiger partial charge is 0.291 e. The Morgan fingerprint density at radius 2 is 1.84 bits per heavy atom. The van der Waals surface area contributed by atoms with Gasteiger partial charge < -0.3 is 19.6 Å². The second kappa shape index (κ2) is 12.9. The van der Waals surface area contributed by atoms with E-state index in [1.165, 1.54) is 24.6 Å². The van der Waals surface area contributed by atoms with Gasteiger partial charge in [0.25, 0.3) is 12.3 Å². The van der Waals surface area contributed by atoms with Crippen LogP contribution in [-0.2, 0) is 14.8 Å². The number of piperazine rings is 1. The Morgan fingerprint density at radius 1 is 1.14 bits per heavy atom. The predicted molar refractivity (Wildman–Crippen MR) is 178 cm³/mol. The monoisotopic (exact) mass is 728 g/mol. The highest BCUT2D eigenvalue weighted by atomic mass is 32.2. The summed E-state index contributed by atoms with van der Waals surface area (Å²) in [5.41, 5.74) is -1.75. The van der Waals surface area contributed by atoms with Crippen molar-refractivity contribution in [1.82, 2.24) is 34.5 Å². The number of aromatic nitrogens is 4. The van der Waals surface area contributed by atoms with Crippen LogP contribution in [-0.4, -0.2) is 118 Å². The standard InChI is InChI=1S/C31H43F3N8O5S2/c1-29(2)18-19(6-10-41(29)11-9-32)47-25-23-21(39-12-14-40(15-13-39)27(43)30(3,4)44)16-20(49(45,46)38-31(5)7-8-31)17-22(23)42(37-25)28-36-35-26(48-28)24(33)34/h16-17,19,24,38,44H,6-15,18H2,1-5H3. The minimum atomic E-state index is -4.05. The van der Waals surface area contributed by atoms with Gasteiger partial charge in [-0.05, 0) is 66.0 Å². The van der Waals surface area contributed by atoms with E-state index >= 15 is 0 Å². The highest BCUT2D eigenvalue weighted by molar-refractivity contribution is 7.89. The Kier molecular flexibility index (Phi) is 9.43. The van der Waals surface area contributed by atoms with Crippen LogP contribution in [0.2, 0.25) is 0 Å². The van der Waals surface area contributed by atoms with E-state index < -0.39 is 45.2 Å². The minimum Gasteiger partial charge on any atom is -0.473 e. The average molecular weight is 729 g/mol. The molecule has 1 aliphatic carbocycles. The summed E-state index contributed by atoms with van der Waals surface area (Å²) in [4.78, 5) is 18.4. The van der Waals surface area contributed by atoms with Gasteiger partial charge in [-0.3, -0.25) is 9.69 Å². The van der Waals surface area contributed by atoms with Crippen molar-refractivity contribution < 1.29 is 36.2 Å². The Labute approximate surface area is 287 Å². The first-order valence-electron chi connectivity index (χ1n) is 16.4. The minimum absolute atomic E-state index is 0.0106. The van der Waals surface area contributed by atoms with Crippen LogP contribution in [0.4, 0.5) is 18.9 Å². The van der Waals surface area contributed by atoms with Gasteiger partial charge in [-0.25, -0.2) is 31.0 Å². The first-order chi connectivity index (χ1) is 22.9. The molecule has 4 heterocycles. The quantitative estimate of drug-likeness (QED) is 0.300. The van der Waals surface area contributed by atoms with Gasteiger partial charge in [0.2, 0.25) is 21.0 Å². The molecule has 49 heavy (non-hydrogen) atoms. The molecule has 270 valence electrons. The van der Waals surface area contributed by atoms with Crippen molar-refractivity contribution in [3.05, 3.63) is 17.1 Å². The van der Waals surface area contributed by atoms with Crippen LogP contribution in [0.3, 0.4) is 0 Å². The topological polar surface area (TPSA) is 146 Å². The van der Waals surface area contributed by atoms with Crippen molar-refractivity contribution in [3.63, 3.8) is 0 Å². The van der Waals surface area contributed by atoms with E-state index in [0.29, 0.717) is 74.3 Å². The van der Waals surface area contributed by atoms with Gasteiger partial charge in [-0.15, -0.1) is 15.3 Å². The molecule has 6 rings (SSSR count). The van der Waals surface area contributed by atoms with Crippen LogP contribution < -0.4 is 14.4 Å². The molecule has 3 aliphatic rings. The van der Waals surface area contributed by atoms with Gasteiger partial charge in [0.05, 0.1) is 21.5 Å². The molecule has 1 amide bonds. The number of likely N-dealkylation sites (tertiary alicyclic amines) is 1. The molecule has 2 N–H and O–H groups in total. The van der Waals surface area contributed by atoms with Gasteiger partial charge >= 0.3 is 0 Å². The van der Waals surface area contributed by atoms with Crippen LogP contribution in [0.1, 0.15) is 71.7 Å². The number of hydrogen-bond donors (Lipinski definition) is 2. The number of carbonyl (C=O) groups excluding carboxylic acids is 1. The van der Waals surface area contributed by atoms with Gasteiger partial charge in [-0.1, -0.05) is 11.3 Å². The molecular formula is C31H43F3N8O5S2. The zero-order valence-corrected chi connectivity index (χ0v) is 29.9. The van der Waals surface area contributed by atoms with Crippen molar-refractivity contribution >= 4 is 43.9 Å². The summed E-state index contributed by atoms with van der Waals surface area (Å²) in [7, 11) is -4.05. The molecule has 1 saturated carbocycles. The molecule has 3 fully saturated rings. The van der Waals surface area contributed by atoms with E-state index in [0.717, 1.165) is 0 Å². The van der Waals surface area contributed by atoms with Crippen LogP contribution in [0.25, 0.3) is 16.0 Å². The SMILES string of the molecule is CC1(NS(=O)(=O)c2cc(N3CCN(C(=O)C(C)(C)O)CC3)c3c(OC4CCN(CCF)C(C)(C)C4)nn(-c4nnc(C(F)F)s4)c3c2)CC1. The summed E-state index contributed by atoms with van der Waals surface area (Å²) in [6.07, 6.45) is -0.686. The summed E-state index contributed by atoms with van der Waals surface area (Å²) in [5.74, 6) is -0.250. The molecule has 3 aromatic rings. The van der Waals surface area contributed by atoms with Crippen molar-refractivity contribution in [2.75, 3.05) is 50.8 Å². The molecular weight excluding hydrogens is 686 g/mol. The largest absolute Gasteiger partial charge is 0.473 e. The maximum atomic E-state index is 13.8. The zero-order valence-electron chi connectivity index (χ0n) is 28.2. The number of alkyl halides is 3. The lowest BCUT2D eigenvalue weighted by molar-refractivity contribution is -0.148. The lowest BCUT2D eigenvalue weighted by Gasteiger charge is -2.45. The number of anilines is 1. The Balaban J connectivity index is 1.47. The summed E-state index contributed by atoms with van der Waals surface area (Å²) in [5, 5.41) is 22.6. The number of halogens is 3. The number of hydrogen-bond acceptors (Lipinski definition) is 11. The molecule has 0 spiro atoms. The number of carbonyl (C=O) groups is 1. The third kappa shape index (κ3) is 7.38. The first-order valence-corrected chi connectivity index (χ1v) is 18.7. The predicted octanol–water partition coefficient (Wildman–Crippen LogP) is 3.66. The Morgan fingerprint density at radius 3 is 2.41 bits per heavy atom. The van der Waals surface area contributed by atoms with Crippen molar-refractivity contribution in [2.24, 2.45) is 0 Å². The number of nitrogens with zero attached hydrogens (tertiary/aromatic N) is 7. The van der Waals surface area contributed by atoms with E-state index in [1.807, 2.05) is 25.7 Å². The molecule has 1 aromatic carbocycles. The Bertz CT molecular complexity index is 1810. The lowest BCUT2D eigenvalue weighted by Crippen LogP contribution is -2.54. The van der Waals surface area contributed by atoms with E-state index in [2.05, 4.69) is 19.8 Å². The lowest BCUT2D eigenvalue weighted by atomic mass is 9.88. The highest BCUT2D eigenvalue weighted by Gasteiger charge is 2.42. The van der Waals surface area contributed by atoms with E-state index in [9.17, 15) is 31.5 Å². The van der Waals surface area contributed by atoms with Crippen LogP contribution in [0.15, 0.2) is 17.0 Å². The fourth-order valence-electron chi connectivity index (χ4n) is 6.58. The third-order valence-electron chi connectivity index (χ3n) is 9.56. The summed E-state index contributed by atoms with van der Waals surface area (Å²) < 4.78 is 78.8. The summed E-state index contributed by atoms with van der Waals surface area (Å²) in [6.45, 7) is 10.3. The highest BCUT2D eigenvalue weighted by Crippen LogP contribution is 2.42. The van der Waals surface area contributed by atoms with Gasteiger partial charge in [0.15, 0.2) is 5.01 Å². The third-order valence-corrected chi connectivity index (χ3v) is 12.1. The number of fused-ring (bicyclic) bond motifs is 1. The van der Waals surface area contributed by atoms with E-state index in [4.69, 9.17) is 9.84 Å². The first kappa shape index (κ1) is 35.8. The zero-order chi connectivity index (χ0) is 35.5. The number of rotatable bonds is 11. The van der Waals surface area contributed by atoms with E-state index in [-0.39, 0.29) is 46.2 Å². The number of amides is 1. The molecule has 2 saturated heterocycles. The van der Waals surface area contributed by atoms with Crippen LogP contribution >= 0.6 is 11.3 Å². The molecule has 1 unspecified atom stereocenters. The number of aliphatic hydroxyl groups is 1. The average Bonchev–Trinajstić information content (AvgIpc) is 3.38. The maximum absolute atomic E-state index is 13.8. The number of ether oxygens (including phenoxy) is 1. The van der Waals surface area contributed by atoms with Gasteiger partial charge in [0, 0.05) is 56.8 Å². The number of benzene rings is 1. The molecule has 0 bridgehead atoms. The summed E-state index contributed by atoms with van der Waals surface area (Å²) >= 11 is 0.638. The Hall–Kier alpha value is -3.06. The van der Waals surface area contributed by atoms with Crippen LogP contribution in [0, 0.1) is 0 Å². The molecule has 13 nitrogen and oxygen atoms in total. The fraction of sp³-hybridized carbons (Fsp3) is 0.677. The van der Waals surface area contributed by atoms with Crippen molar-refractivity contribution in [2.45, 2.75) is 94.4 Å². The van der Waals surface area contributed by atoms with Crippen molar-refractivity contribution in [1.29, 1.82) is 0 Å². The summed E-state index contributed by atoms with van der Waals surface area (Å²) in [6, 6.07) is 3.00. The van der Waals surface area contributed by atoms with Gasteiger partial charge in [-0.2, -0.15) is 0 Å². The van der Waals surface area contributed by atoms with Crippen LogP contribution in [0.5, 0.6) is 5.88 Å². The molecule has 2 aliphatic heterocycles. The van der Waals surface area contributed by atoms with E-state index in [1.54, 1.807) is 11.0 Å². The fourth-order valence-corrected chi connectivity index (χ4v) is 8.75. The van der Waals surface area contributed by atoms with Gasteiger partial charge in [0.1, 0.15) is 18.4 Å². The number of sulfonamides is 1. The normalized spacial score (nSPS) is 21.5. The molecule has 0 radical (unpaired) electrons. The number of nitrogens with one attached hydrogen (secondary N) is 1. The maximum Gasteiger partial charge on any atom is 0.291 e. The molecule has 2 aromatic heterocycles. The molecule has 1 atom stereocenters. The second-order valence-corrected chi connectivity index (χ2v) is 17.2.